The highest BCUT2D eigenvalue weighted by Gasteiger charge is 2.21. The Labute approximate surface area is 165 Å². The van der Waals surface area contributed by atoms with E-state index in [2.05, 4.69) is 32.0 Å². The van der Waals surface area contributed by atoms with Gasteiger partial charge in [-0.1, -0.05) is 0 Å². The lowest BCUT2D eigenvalue weighted by atomic mass is 10.0. The molecule has 0 radical (unpaired) electrons. The maximum absolute atomic E-state index is 9.06. The number of fused-ring (bicyclic) bond motifs is 1. The highest BCUT2D eigenvalue weighted by Crippen LogP contribution is 2.29. The summed E-state index contributed by atoms with van der Waals surface area (Å²) < 4.78 is 0. The van der Waals surface area contributed by atoms with Crippen molar-refractivity contribution < 1.29 is 0 Å². The van der Waals surface area contributed by atoms with Gasteiger partial charge in [0.05, 0.1) is 5.56 Å². The van der Waals surface area contributed by atoms with Crippen LogP contribution in [-0.2, 0) is 13.0 Å². The number of pyridine rings is 2. The molecule has 0 saturated heterocycles. The van der Waals surface area contributed by atoms with Crippen LogP contribution in [0.3, 0.4) is 0 Å². The van der Waals surface area contributed by atoms with E-state index in [-0.39, 0.29) is 0 Å². The van der Waals surface area contributed by atoms with Crippen LogP contribution in [0.4, 0.5) is 5.82 Å². The van der Waals surface area contributed by atoms with E-state index in [1.807, 2.05) is 25.4 Å². The first-order chi connectivity index (χ1) is 13.7. The van der Waals surface area contributed by atoms with Crippen molar-refractivity contribution >= 4 is 17.6 Å². The fraction of sp³-hybridized carbons (Fsp3) is 0.364. The molecule has 1 fully saturated rings. The maximum atomic E-state index is 9.06. The van der Waals surface area contributed by atoms with Crippen LogP contribution < -0.4 is 10.6 Å². The van der Waals surface area contributed by atoms with Crippen LogP contribution in [0.1, 0.15) is 40.8 Å². The number of rotatable bonds is 5. The van der Waals surface area contributed by atoms with Crippen molar-refractivity contribution in [3.05, 3.63) is 58.7 Å². The standard InChI is InChI=1S/C22H24N6/c1-15-6-17(8-23)11-27-22(15)28-5-4-21-19(14-28)7-18(13-26-21)20(9-24)12-25-10-16-2-3-16/h6-7,9,11-13,16H,2-5,10,14,24H2,1H3/b20-9+,25-12?. The molecule has 2 aromatic heterocycles. The Kier molecular flexibility index (Phi) is 5.07. The Morgan fingerprint density at radius 3 is 2.93 bits per heavy atom. The van der Waals surface area contributed by atoms with E-state index in [0.29, 0.717) is 5.56 Å². The Hall–Kier alpha value is -3.20. The summed E-state index contributed by atoms with van der Waals surface area (Å²) in [7, 11) is 0. The van der Waals surface area contributed by atoms with Gasteiger partial charge in [-0.3, -0.25) is 9.98 Å². The van der Waals surface area contributed by atoms with Crippen LogP contribution in [-0.4, -0.2) is 29.3 Å². The number of anilines is 1. The zero-order valence-electron chi connectivity index (χ0n) is 16.1. The molecular formula is C22H24N6. The van der Waals surface area contributed by atoms with E-state index in [1.54, 1.807) is 12.4 Å². The summed E-state index contributed by atoms with van der Waals surface area (Å²) >= 11 is 0. The molecule has 142 valence electrons. The Balaban J connectivity index is 1.55. The van der Waals surface area contributed by atoms with Crippen LogP contribution in [0.15, 0.2) is 35.7 Å². The maximum Gasteiger partial charge on any atom is 0.131 e. The molecule has 6 nitrogen and oxygen atoms in total. The zero-order chi connectivity index (χ0) is 19.5. The minimum absolute atomic E-state index is 0.589. The van der Waals surface area contributed by atoms with Crippen LogP contribution in [0.5, 0.6) is 0 Å². The van der Waals surface area contributed by atoms with E-state index < -0.39 is 0 Å². The highest BCUT2D eigenvalue weighted by atomic mass is 15.2. The van der Waals surface area contributed by atoms with Gasteiger partial charge in [-0.15, -0.1) is 0 Å². The molecule has 1 aliphatic heterocycles. The molecule has 28 heavy (non-hydrogen) atoms. The number of hydrogen-bond acceptors (Lipinski definition) is 6. The van der Waals surface area contributed by atoms with Gasteiger partial charge in [0.15, 0.2) is 0 Å². The van der Waals surface area contributed by atoms with Crippen molar-refractivity contribution in [3.8, 4) is 6.07 Å². The third-order valence-electron chi connectivity index (χ3n) is 5.32. The summed E-state index contributed by atoms with van der Waals surface area (Å²) in [6.45, 7) is 4.49. The smallest absolute Gasteiger partial charge is 0.131 e. The predicted octanol–water partition coefficient (Wildman–Crippen LogP) is 3.00. The van der Waals surface area contributed by atoms with Crippen molar-refractivity contribution in [2.45, 2.75) is 32.7 Å². The molecule has 3 heterocycles. The number of allylic oxidation sites excluding steroid dienone is 1. The van der Waals surface area contributed by atoms with Gasteiger partial charge in [-0.05, 0) is 48.9 Å². The molecule has 0 spiro atoms. The molecule has 2 aromatic rings. The summed E-state index contributed by atoms with van der Waals surface area (Å²) in [5, 5.41) is 9.06. The summed E-state index contributed by atoms with van der Waals surface area (Å²) in [6, 6.07) is 6.20. The van der Waals surface area contributed by atoms with Crippen molar-refractivity contribution in [3.63, 3.8) is 0 Å². The van der Waals surface area contributed by atoms with Gasteiger partial charge in [-0.25, -0.2) is 4.98 Å². The number of nitrogens with zero attached hydrogens (tertiary/aromatic N) is 5. The molecular weight excluding hydrogens is 348 g/mol. The molecule has 6 heteroatoms. The fourth-order valence-corrected chi connectivity index (χ4v) is 3.54. The second-order valence-electron chi connectivity index (χ2n) is 7.54. The van der Waals surface area contributed by atoms with Crippen LogP contribution >= 0.6 is 0 Å². The van der Waals surface area contributed by atoms with Gasteiger partial charge >= 0.3 is 0 Å². The average Bonchev–Trinajstić information content (AvgIpc) is 3.55. The minimum Gasteiger partial charge on any atom is -0.404 e. The largest absolute Gasteiger partial charge is 0.404 e. The van der Waals surface area contributed by atoms with Crippen molar-refractivity contribution in [1.29, 1.82) is 5.26 Å². The van der Waals surface area contributed by atoms with Gasteiger partial charge in [0.2, 0.25) is 0 Å². The first-order valence-electron chi connectivity index (χ1n) is 9.69. The van der Waals surface area contributed by atoms with E-state index in [1.165, 1.54) is 18.4 Å². The first kappa shape index (κ1) is 18.2. The first-order valence-corrected chi connectivity index (χ1v) is 9.69. The number of aromatic nitrogens is 2. The number of nitrogens with two attached hydrogens (primary N) is 1. The molecule has 0 amide bonds. The number of aliphatic imine (C=N–C) groups is 1. The topological polar surface area (TPSA) is 91.2 Å². The van der Waals surface area contributed by atoms with Crippen LogP contribution in [0.2, 0.25) is 0 Å². The van der Waals surface area contributed by atoms with Crippen molar-refractivity contribution in [2.75, 3.05) is 18.0 Å². The number of nitriles is 1. The van der Waals surface area contributed by atoms with Crippen LogP contribution in [0.25, 0.3) is 5.57 Å². The molecule has 2 N–H and O–H groups in total. The molecule has 4 rings (SSSR count). The van der Waals surface area contributed by atoms with Gasteiger partial charge < -0.3 is 10.6 Å². The third-order valence-corrected chi connectivity index (χ3v) is 5.32. The van der Waals surface area contributed by atoms with E-state index in [9.17, 15) is 0 Å². The summed E-state index contributed by atoms with van der Waals surface area (Å²) in [6.07, 6.45) is 10.4. The van der Waals surface area contributed by atoms with E-state index in [0.717, 1.165) is 60.2 Å². The lowest BCUT2D eigenvalue weighted by molar-refractivity contribution is 0.700. The molecule has 0 bridgehead atoms. The minimum atomic E-state index is 0.589. The van der Waals surface area contributed by atoms with E-state index in [4.69, 9.17) is 11.0 Å². The van der Waals surface area contributed by atoms with E-state index >= 15 is 0 Å². The van der Waals surface area contributed by atoms with Gasteiger partial charge in [0, 0.05) is 67.7 Å². The SMILES string of the molecule is Cc1cc(C#N)cnc1N1CCc2ncc(/C(C=NCC3CC3)=C/N)cc2C1. The van der Waals surface area contributed by atoms with Gasteiger partial charge in [-0.2, -0.15) is 5.26 Å². The molecule has 2 aliphatic rings. The Morgan fingerprint density at radius 2 is 2.21 bits per heavy atom. The highest BCUT2D eigenvalue weighted by molar-refractivity contribution is 6.09. The van der Waals surface area contributed by atoms with Crippen molar-refractivity contribution in [2.24, 2.45) is 16.6 Å². The van der Waals surface area contributed by atoms with Gasteiger partial charge in [0.1, 0.15) is 11.9 Å². The Bertz CT molecular complexity index is 981. The second kappa shape index (κ2) is 7.81. The van der Waals surface area contributed by atoms with Gasteiger partial charge in [0.25, 0.3) is 0 Å². The fourth-order valence-electron chi connectivity index (χ4n) is 3.54. The normalized spacial score (nSPS) is 16.9. The molecule has 0 atom stereocenters. The van der Waals surface area contributed by atoms with Crippen molar-refractivity contribution in [1.82, 2.24) is 9.97 Å². The monoisotopic (exact) mass is 372 g/mol. The number of aryl methyl sites for hydroxylation is 1. The lowest BCUT2D eigenvalue weighted by Crippen LogP contribution is -2.32. The molecule has 0 unspecified atom stereocenters. The average molecular weight is 372 g/mol. The summed E-state index contributed by atoms with van der Waals surface area (Å²) in [5.41, 5.74) is 11.7. The predicted molar refractivity (Wildman–Crippen MR) is 111 cm³/mol. The molecule has 0 aromatic carbocycles. The molecule has 1 saturated carbocycles. The Morgan fingerprint density at radius 1 is 1.36 bits per heavy atom. The second-order valence-corrected chi connectivity index (χ2v) is 7.54. The quantitative estimate of drug-likeness (QED) is 0.815. The lowest BCUT2D eigenvalue weighted by Gasteiger charge is -2.30. The number of hydrogen-bond donors (Lipinski definition) is 1. The summed E-state index contributed by atoms with van der Waals surface area (Å²) in [4.78, 5) is 16.0. The zero-order valence-corrected chi connectivity index (χ0v) is 16.1. The molecule has 1 aliphatic carbocycles. The summed E-state index contributed by atoms with van der Waals surface area (Å²) in [5.74, 6) is 1.68. The third kappa shape index (κ3) is 3.89. The van der Waals surface area contributed by atoms with Crippen LogP contribution in [0, 0.1) is 24.2 Å².